The Balaban J connectivity index is 1.89. The van der Waals surface area contributed by atoms with Gasteiger partial charge in [0.05, 0.1) is 12.8 Å². The summed E-state index contributed by atoms with van der Waals surface area (Å²) in [4.78, 5) is 4.69. The van der Waals surface area contributed by atoms with Crippen molar-refractivity contribution < 1.29 is 8.42 Å². The van der Waals surface area contributed by atoms with Crippen molar-refractivity contribution in [1.82, 2.24) is 14.9 Å². The van der Waals surface area contributed by atoms with Crippen LogP contribution in [0.25, 0.3) is 0 Å². The molecule has 6 nitrogen and oxygen atoms in total. The van der Waals surface area contributed by atoms with Crippen molar-refractivity contribution in [2.24, 2.45) is 10.9 Å². The molecule has 2 rings (SSSR count). The van der Waals surface area contributed by atoms with Crippen molar-refractivity contribution in [3.63, 3.8) is 0 Å². The molecule has 2 N–H and O–H groups in total. The van der Waals surface area contributed by atoms with E-state index in [9.17, 15) is 8.42 Å². The van der Waals surface area contributed by atoms with Crippen molar-refractivity contribution in [1.29, 1.82) is 0 Å². The Labute approximate surface area is 158 Å². The van der Waals surface area contributed by atoms with Gasteiger partial charge in [-0.05, 0) is 31.2 Å². The molecule has 0 radical (unpaired) electrons. The highest BCUT2D eigenvalue weighted by Gasteiger charge is 2.28. The molecule has 0 amide bonds. The summed E-state index contributed by atoms with van der Waals surface area (Å²) in [5.41, 5.74) is 2.42. The number of aryl methyl sites for hydroxylation is 1. The van der Waals surface area contributed by atoms with Crippen LogP contribution >= 0.6 is 0 Å². The fourth-order valence-corrected chi connectivity index (χ4v) is 3.85. The number of unbranched alkanes of at least 4 members (excludes halogenated alkanes) is 1. The van der Waals surface area contributed by atoms with Crippen molar-refractivity contribution in [3.05, 3.63) is 35.4 Å². The van der Waals surface area contributed by atoms with E-state index in [1.54, 1.807) is 4.31 Å². The maximum absolute atomic E-state index is 11.6. The minimum atomic E-state index is -3.08. The zero-order valence-corrected chi connectivity index (χ0v) is 17.0. The minimum absolute atomic E-state index is 0.322. The largest absolute Gasteiger partial charge is 0.356 e. The molecular formula is C19H32N4O2S. The van der Waals surface area contributed by atoms with E-state index in [1.807, 2.05) is 0 Å². The molecule has 1 unspecified atom stereocenters. The SMILES string of the molecule is CCCCNC(=NCc1ccc(C)cc1)NCC1CCN(S(C)(=O)=O)C1. The lowest BCUT2D eigenvalue weighted by Crippen LogP contribution is -2.41. The Bertz CT molecular complexity index is 686. The lowest BCUT2D eigenvalue weighted by atomic mass is 10.1. The van der Waals surface area contributed by atoms with Gasteiger partial charge in [-0.1, -0.05) is 43.2 Å². The van der Waals surface area contributed by atoms with E-state index in [0.29, 0.717) is 25.6 Å². The Morgan fingerprint density at radius 2 is 2.00 bits per heavy atom. The summed E-state index contributed by atoms with van der Waals surface area (Å²) >= 11 is 0. The number of hydrogen-bond acceptors (Lipinski definition) is 3. The van der Waals surface area contributed by atoms with Crippen molar-refractivity contribution in [2.75, 3.05) is 32.4 Å². The van der Waals surface area contributed by atoms with E-state index in [1.165, 1.54) is 17.4 Å². The molecule has 0 aliphatic carbocycles. The fraction of sp³-hybridized carbons (Fsp3) is 0.632. The van der Waals surface area contributed by atoms with Gasteiger partial charge in [0.15, 0.2) is 5.96 Å². The van der Waals surface area contributed by atoms with E-state index >= 15 is 0 Å². The molecule has 146 valence electrons. The van der Waals surface area contributed by atoms with Gasteiger partial charge < -0.3 is 10.6 Å². The van der Waals surface area contributed by atoms with Gasteiger partial charge in [0.1, 0.15) is 0 Å². The summed E-state index contributed by atoms with van der Waals surface area (Å²) in [6.07, 6.45) is 4.39. The maximum Gasteiger partial charge on any atom is 0.211 e. The van der Waals surface area contributed by atoms with Crippen LogP contribution in [0.1, 0.15) is 37.3 Å². The molecule has 26 heavy (non-hydrogen) atoms. The van der Waals surface area contributed by atoms with Gasteiger partial charge in [0, 0.05) is 26.2 Å². The predicted molar refractivity (Wildman–Crippen MR) is 108 cm³/mol. The van der Waals surface area contributed by atoms with Crippen LogP contribution in [0.4, 0.5) is 0 Å². The van der Waals surface area contributed by atoms with Crippen LogP contribution in [0, 0.1) is 12.8 Å². The van der Waals surface area contributed by atoms with E-state index in [-0.39, 0.29) is 0 Å². The van der Waals surface area contributed by atoms with E-state index < -0.39 is 10.0 Å². The van der Waals surface area contributed by atoms with E-state index in [2.05, 4.69) is 53.7 Å². The highest BCUT2D eigenvalue weighted by atomic mass is 32.2. The first-order valence-electron chi connectivity index (χ1n) is 9.41. The Morgan fingerprint density at radius 1 is 1.27 bits per heavy atom. The maximum atomic E-state index is 11.6. The molecule has 0 saturated carbocycles. The Morgan fingerprint density at radius 3 is 2.62 bits per heavy atom. The molecule has 0 spiro atoms. The number of sulfonamides is 1. The molecular weight excluding hydrogens is 348 g/mol. The van der Waals surface area contributed by atoms with E-state index in [0.717, 1.165) is 38.3 Å². The van der Waals surface area contributed by atoms with Gasteiger partial charge in [-0.2, -0.15) is 0 Å². The summed E-state index contributed by atoms with van der Waals surface area (Å²) in [5, 5.41) is 6.77. The standard InChI is InChI=1S/C19H32N4O2S/c1-4-5-11-20-19(21-13-17-8-6-16(2)7-9-17)22-14-18-10-12-23(15-18)26(3,24)25/h6-9,18H,4-5,10-15H2,1-3H3,(H2,20,21,22). The van der Waals surface area contributed by atoms with Gasteiger partial charge in [0.25, 0.3) is 0 Å². The summed E-state index contributed by atoms with van der Waals surface area (Å²) < 4.78 is 24.9. The van der Waals surface area contributed by atoms with Gasteiger partial charge in [-0.3, -0.25) is 0 Å². The molecule has 1 saturated heterocycles. The molecule has 1 atom stereocenters. The van der Waals surface area contributed by atoms with Crippen LogP contribution in [-0.4, -0.2) is 51.1 Å². The molecule has 1 heterocycles. The smallest absolute Gasteiger partial charge is 0.211 e. The number of nitrogens with one attached hydrogen (secondary N) is 2. The fourth-order valence-electron chi connectivity index (χ4n) is 2.93. The quantitative estimate of drug-likeness (QED) is 0.412. The average molecular weight is 381 g/mol. The van der Waals surface area contributed by atoms with Crippen LogP contribution in [0.15, 0.2) is 29.3 Å². The molecule has 0 aromatic heterocycles. The van der Waals surface area contributed by atoms with Gasteiger partial charge in [-0.25, -0.2) is 17.7 Å². The zero-order valence-electron chi connectivity index (χ0n) is 16.2. The van der Waals surface area contributed by atoms with Crippen molar-refractivity contribution in [2.45, 2.75) is 39.7 Å². The second kappa shape index (κ2) is 9.92. The van der Waals surface area contributed by atoms with E-state index in [4.69, 9.17) is 0 Å². The van der Waals surface area contributed by atoms with Gasteiger partial charge in [-0.15, -0.1) is 0 Å². The highest BCUT2D eigenvalue weighted by Crippen LogP contribution is 2.17. The summed E-state index contributed by atoms with van der Waals surface area (Å²) in [6, 6.07) is 8.40. The van der Waals surface area contributed by atoms with Crippen molar-refractivity contribution >= 4 is 16.0 Å². The normalized spacial score (nSPS) is 18.9. The zero-order chi connectivity index (χ0) is 19.0. The average Bonchev–Trinajstić information content (AvgIpc) is 3.08. The second-order valence-electron chi connectivity index (χ2n) is 7.09. The number of aliphatic imine (C=N–C) groups is 1. The Kier molecular flexibility index (Phi) is 7.90. The summed E-state index contributed by atoms with van der Waals surface area (Å²) in [6.45, 7) is 7.69. The topological polar surface area (TPSA) is 73.8 Å². The molecule has 1 fully saturated rings. The summed E-state index contributed by atoms with van der Waals surface area (Å²) in [7, 11) is -3.08. The first-order chi connectivity index (χ1) is 12.4. The molecule has 1 aromatic carbocycles. The number of rotatable bonds is 8. The number of hydrogen-bond donors (Lipinski definition) is 2. The lowest BCUT2D eigenvalue weighted by Gasteiger charge is -2.16. The summed E-state index contributed by atoms with van der Waals surface area (Å²) in [5.74, 6) is 1.12. The van der Waals surface area contributed by atoms with Crippen LogP contribution in [0.3, 0.4) is 0 Å². The first kappa shape index (κ1) is 20.7. The van der Waals surface area contributed by atoms with Crippen LogP contribution in [0.5, 0.6) is 0 Å². The van der Waals surface area contributed by atoms with Crippen molar-refractivity contribution in [3.8, 4) is 0 Å². The number of benzene rings is 1. The van der Waals surface area contributed by atoms with Crippen LogP contribution in [-0.2, 0) is 16.6 Å². The number of guanidine groups is 1. The molecule has 1 aromatic rings. The van der Waals surface area contributed by atoms with Gasteiger partial charge >= 0.3 is 0 Å². The number of nitrogens with zero attached hydrogens (tertiary/aromatic N) is 2. The third-order valence-electron chi connectivity index (χ3n) is 4.64. The van der Waals surface area contributed by atoms with Gasteiger partial charge in [0.2, 0.25) is 10.0 Å². The van der Waals surface area contributed by atoms with Crippen LogP contribution in [0.2, 0.25) is 0 Å². The lowest BCUT2D eigenvalue weighted by molar-refractivity contribution is 0.458. The second-order valence-corrected chi connectivity index (χ2v) is 9.07. The first-order valence-corrected chi connectivity index (χ1v) is 11.3. The van der Waals surface area contributed by atoms with Crippen LogP contribution < -0.4 is 10.6 Å². The third kappa shape index (κ3) is 6.96. The highest BCUT2D eigenvalue weighted by molar-refractivity contribution is 7.88. The predicted octanol–water partition coefficient (Wildman–Crippen LogP) is 2.11. The Hall–Kier alpha value is -1.60. The third-order valence-corrected chi connectivity index (χ3v) is 5.91. The molecule has 7 heteroatoms. The molecule has 1 aliphatic rings. The molecule has 0 bridgehead atoms. The monoisotopic (exact) mass is 380 g/mol. The minimum Gasteiger partial charge on any atom is -0.356 e. The molecule has 1 aliphatic heterocycles.